The van der Waals surface area contributed by atoms with Crippen LogP contribution in [0.4, 0.5) is 0 Å². The van der Waals surface area contributed by atoms with Crippen molar-refractivity contribution in [3.8, 4) is 0 Å². The van der Waals surface area contributed by atoms with Crippen LogP contribution in [0.5, 0.6) is 0 Å². The van der Waals surface area contributed by atoms with Crippen molar-refractivity contribution >= 4 is 37.2 Å². The lowest BCUT2D eigenvalue weighted by molar-refractivity contribution is 0.0894. The minimum atomic E-state index is -4.00. The first kappa shape index (κ1) is 17.2. The van der Waals surface area contributed by atoms with E-state index in [9.17, 15) is 13.2 Å². The summed E-state index contributed by atoms with van der Waals surface area (Å²) in [5, 5.41) is 2.71. The molecule has 1 aromatic carbocycles. The minimum Gasteiger partial charge on any atom is -0.383 e. The van der Waals surface area contributed by atoms with Crippen molar-refractivity contribution in [3.05, 3.63) is 28.8 Å². The Labute approximate surface area is 127 Å². The summed E-state index contributed by atoms with van der Waals surface area (Å²) in [6.07, 6.45) is 0.688. The number of nitrogens with one attached hydrogen (secondary N) is 1. The minimum absolute atomic E-state index is 0.0273. The van der Waals surface area contributed by atoms with Gasteiger partial charge in [0.1, 0.15) is 4.90 Å². The molecule has 0 heterocycles. The highest BCUT2D eigenvalue weighted by atomic mass is 35.7. The number of carbonyl (C=O) groups is 1. The van der Waals surface area contributed by atoms with Gasteiger partial charge >= 0.3 is 0 Å². The summed E-state index contributed by atoms with van der Waals surface area (Å²) in [6, 6.07) is 3.75. The lowest BCUT2D eigenvalue weighted by Gasteiger charge is -2.16. The van der Waals surface area contributed by atoms with Crippen LogP contribution in [0.3, 0.4) is 0 Å². The fourth-order valence-electron chi connectivity index (χ4n) is 1.56. The Morgan fingerprint density at radius 3 is 2.60 bits per heavy atom. The molecule has 1 N–H and O–H groups in total. The summed E-state index contributed by atoms with van der Waals surface area (Å²) in [5.74, 6) is -0.410. The number of hydrogen-bond acceptors (Lipinski definition) is 4. The maximum absolute atomic E-state index is 12.0. The van der Waals surface area contributed by atoms with E-state index in [1.165, 1.54) is 19.2 Å². The zero-order chi connectivity index (χ0) is 15.3. The Bertz CT molecular complexity index is 589. The van der Waals surface area contributed by atoms with Crippen LogP contribution in [0, 0.1) is 0 Å². The molecule has 0 fully saturated rings. The SMILES string of the molecule is CCC(COC)NC(=O)c1ccc(Cl)c(S(=O)(=O)Cl)c1. The molecular weight excluding hydrogens is 325 g/mol. The summed E-state index contributed by atoms with van der Waals surface area (Å²) < 4.78 is 27.7. The van der Waals surface area contributed by atoms with E-state index >= 15 is 0 Å². The highest BCUT2D eigenvalue weighted by Crippen LogP contribution is 2.25. The molecule has 0 saturated carbocycles. The van der Waals surface area contributed by atoms with Crippen LogP contribution in [0.15, 0.2) is 23.1 Å². The van der Waals surface area contributed by atoms with Gasteiger partial charge in [-0.3, -0.25) is 4.79 Å². The number of rotatable bonds is 6. The smallest absolute Gasteiger partial charge is 0.262 e. The van der Waals surface area contributed by atoms with Gasteiger partial charge in [-0.2, -0.15) is 0 Å². The molecule has 0 aromatic heterocycles. The van der Waals surface area contributed by atoms with Gasteiger partial charge in [0.25, 0.3) is 15.0 Å². The molecule has 1 rings (SSSR count). The van der Waals surface area contributed by atoms with Crippen LogP contribution >= 0.6 is 22.3 Å². The number of amides is 1. The molecule has 1 atom stereocenters. The molecular formula is C12H15Cl2NO4S. The van der Waals surface area contributed by atoms with Crippen molar-refractivity contribution in [1.29, 1.82) is 0 Å². The second kappa shape index (κ2) is 7.26. The number of carbonyl (C=O) groups excluding carboxylic acids is 1. The first-order chi connectivity index (χ1) is 9.29. The number of methoxy groups -OCH3 is 1. The zero-order valence-electron chi connectivity index (χ0n) is 11.0. The molecule has 0 aliphatic rings. The number of hydrogen-bond donors (Lipinski definition) is 1. The molecule has 0 aliphatic carbocycles. The van der Waals surface area contributed by atoms with Crippen molar-refractivity contribution in [2.45, 2.75) is 24.3 Å². The quantitative estimate of drug-likeness (QED) is 0.808. The molecule has 0 bridgehead atoms. The van der Waals surface area contributed by atoms with Crippen LogP contribution in [0.1, 0.15) is 23.7 Å². The first-order valence-corrected chi connectivity index (χ1v) is 8.52. The Kier molecular flexibility index (Phi) is 6.26. The molecule has 1 unspecified atom stereocenters. The van der Waals surface area contributed by atoms with E-state index < -0.39 is 15.0 Å². The second-order valence-electron chi connectivity index (χ2n) is 4.12. The third-order valence-corrected chi connectivity index (χ3v) is 4.46. The van der Waals surface area contributed by atoms with Gasteiger partial charge in [0.2, 0.25) is 0 Å². The molecule has 112 valence electrons. The fourth-order valence-corrected chi connectivity index (χ4v) is 3.06. The van der Waals surface area contributed by atoms with Crippen LogP contribution in [0.2, 0.25) is 5.02 Å². The van der Waals surface area contributed by atoms with Gasteiger partial charge in [-0.05, 0) is 24.6 Å². The molecule has 0 aliphatic heterocycles. The Hall–Kier alpha value is -0.820. The van der Waals surface area contributed by atoms with Gasteiger partial charge in [-0.15, -0.1) is 0 Å². The van der Waals surface area contributed by atoms with E-state index in [2.05, 4.69) is 5.32 Å². The highest BCUT2D eigenvalue weighted by Gasteiger charge is 2.19. The monoisotopic (exact) mass is 339 g/mol. The lowest BCUT2D eigenvalue weighted by atomic mass is 10.2. The van der Waals surface area contributed by atoms with Crippen LogP contribution in [-0.2, 0) is 13.8 Å². The third kappa shape index (κ3) is 4.63. The number of ether oxygens (including phenoxy) is 1. The summed E-state index contributed by atoms with van der Waals surface area (Å²) in [7, 11) is 2.80. The van der Waals surface area contributed by atoms with Gasteiger partial charge in [-0.25, -0.2) is 8.42 Å². The lowest BCUT2D eigenvalue weighted by Crippen LogP contribution is -2.37. The predicted molar refractivity (Wildman–Crippen MR) is 77.9 cm³/mol. The summed E-state index contributed by atoms with van der Waals surface area (Å²) in [5.41, 5.74) is 0.170. The predicted octanol–water partition coefficient (Wildman–Crippen LogP) is 2.42. The van der Waals surface area contributed by atoms with E-state index in [1.54, 1.807) is 0 Å². The Morgan fingerprint density at radius 2 is 2.10 bits per heavy atom. The molecule has 0 radical (unpaired) electrons. The van der Waals surface area contributed by atoms with Gasteiger partial charge in [0.15, 0.2) is 0 Å². The third-order valence-electron chi connectivity index (χ3n) is 2.65. The van der Waals surface area contributed by atoms with Gasteiger partial charge < -0.3 is 10.1 Å². The Morgan fingerprint density at radius 1 is 1.45 bits per heavy atom. The summed E-state index contributed by atoms with van der Waals surface area (Å²) in [6.45, 7) is 2.27. The molecule has 8 heteroatoms. The molecule has 0 spiro atoms. The van der Waals surface area contributed by atoms with Crippen molar-refractivity contribution in [1.82, 2.24) is 5.32 Å². The Balaban J connectivity index is 3.00. The van der Waals surface area contributed by atoms with Crippen molar-refractivity contribution < 1.29 is 17.9 Å². The maximum Gasteiger partial charge on any atom is 0.262 e. The van der Waals surface area contributed by atoms with Crippen LogP contribution in [0.25, 0.3) is 0 Å². The largest absolute Gasteiger partial charge is 0.383 e. The molecule has 20 heavy (non-hydrogen) atoms. The van der Waals surface area contributed by atoms with E-state index in [0.29, 0.717) is 13.0 Å². The molecule has 0 saturated heterocycles. The van der Waals surface area contributed by atoms with Crippen molar-refractivity contribution in [2.75, 3.05) is 13.7 Å². The van der Waals surface area contributed by atoms with Crippen molar-refractivity contribution in [3.63, 3.8) is 0 Å². The highest BCUT2D eigenvalue weighted by molar-refractivity contribution is 8.13. The van der Waals surface area contributed by atoms with E-state index in [-0.39, 0.29) is 21.5 Å². The van der Waals surface area contributed by atoms with Gasteiger partial charge in [0, 0.05) is 23.4 Å². The first-order valence-electron chi connectivity index (χ1n) is 5.83. The topological polar surface area (TPSA) is 72.5 Å². The van der Waals surface area contributed by atoms with E-state index in [4.69, 9.17) is 27.0 Å². The van der Waals surface area contributed by atoms with E-state index in [1.807, 2.05) is 6.92 Å². The molecule has 1 aromatic rings. The van der Waals surface area contributed by atoms with Crippen LogP contribution in [-0.4, -0.2) is 34.1 Å². The van der Waals surface area contributed by atoms with E-state index in [0.717, 1.165) is 6.07 Å². The number of halogens is 2. The summed E-state index contributed by atoms with van der Waals surface area (Å²) >= 11 is 5.75. The normalized spacial score (nSPS) is 13.0. The van der Waals surface area contributed by atoms with Gasteiger partial charge in [-0.1, -0.05) is 18.5 Å². The average Bonchev–Trinajstić information content (AvgIpc) is 2.37. The standard InChI is InChI=1S/C12H15Cl2NO4S/c1-3-9(7-19-2)15-12(16)8-4-5-10(13)11(6-8)20(14,17)18/h4-6,9H,3,7H2,1-2H3,(H,15,16). The second-order valence-corrected chi connectivity index (χ2v) is 7.06. The van der Waals surface area contributed by atoms with Crippen molar-refractivity contribution in [2.24, 2.45) is 0 Å². The fraction of sp³-hybridized carbons (Fsp3) is 0.417. The maximum atomic E-state index is 12.0. The zero-order valence-corrected chi connectivity index (χ0v) is 13.3. The number of benzene rings is 1. The van der Waals surface area contributed by atoms with Gasteiger partial charge in [0.05, 0.1) is 17.7 Å². The average molecular weight is 340 g/mol. The molecule has 1 amide bonds. The van der Waals surface area contributed by atoms with Crippen LogP contribution < -0.4 is 5.32 Å². The summed E-state index contributed by atoms with van der Waals surface area (Å²) in [4.78, 5) is 11.7. The molecule has 5 nitrogen and oxygen atoms in total.